The number of hydrogen-bond acceptors (Lipinski definition) is 8. The number of amides is 1. The Kier molecular flexibility index (Phi) is 11.5. The van der Waals surface area contributed by atoms with Crippen LogP contribution < -0.4 is 16.0 Å². The lowest BCUT2D eigenvalue weighted by molar-refractivity contribution is -0.929. The van der Waals surface area contributed by atoms with Crippen LogP contribution in [0.15, 0.2) is 97.3 Å². The zero-order chi connectivity index (χ0) is 37.6. The van der Waals surface area contributed by atoms with Crippen LogP contribution >= 0.6 is 0 Å². The van der Waals surface area contributed by atoms with Crippen molar-refractivity contribution in [3.63, 3.8) is 0 Å². The molecule has 2 fully saturated rings. The number of rotatable bonds is 11. The summed E-state index contributed by atoms with van der Waals surface area (Å²) < 4.78 is 12.4. The van der Waals surface area contributed by atoms with Gasteiger partial charge in [-0.2, -0.15) is 0 Å². The summed E-state index contributed by atoms with van der Waals surface area (Å²) in [7, 11) is 6.56. The minimum Gasteiger partial charge on any atom is -0.426 e. The van der Waals surface area contributed by atoms with Crippen molar-refractivity contribution in [1.82, 2.24) is 15.2 Å². The number of hydrogen-bond donors (Lipinski definition) is 3. The summed E-state index contributed by atoms with van der Waals surface area (Å²) in [5.41, 5.74) is 6.45. The molecule has 2 aliphatic heterocycles. The van der Waals surface area contributed by atoms with Gasteiger partial charge in [-0.25, -0.2) is 10.1 Å². The Balaban J connectivity index is 0.984. The smallest absolute Gasteiger partial charge is 0.426 e. The minimum atomic E-state index is -0.642. The maximum Gasteiger partial charge on any atom is 0.513 e. The molecule has 280 valence electrons. The topological polar surface area (TPSA) is 105 Å². The zero-order valence-electron chi connectivity index (χ0n) is 32.0. The number of likely N-dealkylation sites (N-methyl/N-ethyl adjacent to an activating group) is 1. The number of aromatic nitrogens is 1. The number of piperazine rings is 1. The lowest BCUT2D eigenvalue weighted by Crippen LogP contribution is -2.69. The van der Waals surface area contributed by atoms with Crippen LogP contribution in [0.1, 0.15) is 59.0 Å². The maximum absolute atomic E-state index is 13.3. The molecule has 3 aromatic carbocycles. The summed E-state index contributed by atoms with van der Waals surface area (Å²) in [5.74, 6) is -0.148. The predicted molar refractivity (Wildman–Crippen MR) is 208 cm³/mol. The number of carbonyl (C=O) groups excluding carboxylic acids is 2. The highest BCUT2D eigenvalue weighted by atomic mass is 16.7. The fourth-order valence-electron chi connectivity index (χ4n) is 7.00. The van der Waals surface area contributed by atoms with Crippen molar-refractivity contribution in [2.24, 2.45) is 0 Å². The molecule has 2 unspecified atom stereocenters. The van der Waals surface area contributed by atoms with E-state index in [1.54, 1.807) is 0 Å². The number of benzene rings is 3. The third-order valence-corrected chi connectivity index (χ3v) is 11.0. The molecule has 0 bridgehead atoms. The molecular weight excluding hydrogens is 667 g/mol. The van der Waals surface area contributed by atoms with Crippen molar-refractivity contribution in [3.8, 4) is 0 Å². The number of pyridine rings is 1. The van der Waals surface area contributed by atoms with Gasteiger partial charge in [0.1, 0.15) is 6.10 Å². The molecular formula is C42H55N7O4+2. The Hall–Kier alpha value is -4.81. The fraction of sp³-hybridized carbons (Fsp3) is 0.405. The molecule has 0 radical (unpaired) electrons. The summed E-state index contributed by atoms with van der Waals surface area (Å²) in [6.45, 7) is 11.7. The minimum absolute atomic E-state index is 0.0510. The largest absolute Gasteiger partial charge is 0.513 e. The van der Waals surface area contributed by atoms with Gasteiger partial charge in [0.25, 0.3) is 5.91 Å². The van der Waals surface area contributed by atoms with E-state index in [2.05, 4.69) is 66.9 Å². The summed E-state index contributed by atoms with van der Waals surface area (Å²) >= 11 is 0. The average Bonchev–Trinajstić information content (AvgIpc) is 3.16. The molecule has 3 atom stereocenters. The van der Waals surface area contributed by atoms with Crippen molar-refractivity contribution in [1.29, 1.82) is 0 Å². The van der Waals surface area contributed by atoms with E-state index in [0.29, 0.717) is 10.0 Å². The molecule has 11 heteroatoms. The summed E-state index contributed by atoms with van der Waals surface area (Å²) in [6, 6.07) is 27.6. The molecule has 6 rings (SSSR count). The fourth-order valence-corrected chi connectivity index (χ4v) is 7.00. The van der Waals surface area contributed by atoms with Crippen molar-refractivity contribution in [2.75, 3.05) is 71.2 Å². The van der Waals surface area contributed by atoms with Gasteiger partial charge < -0.3 is 20.1 Å². The third kappa shape index (κ3) is 9.60. The van der Waals surface area contributed by atoms with E-state index in [1.807, 2.05) is 98.2 Å². The van der Waals surface area contributed by atoms with Gasteiger partial charge in [0, 0.05) is 55.4 Å². The van der Waals surface area contributed by atoms with E-state index >= 15 is 0 Å². The number of aryl methyl sites for hydroxylation is 1. The van der Waals surface area contributed by atoms with Gasteiger partial charge in [-0.05, 0) is 73.4 Å². The second-order valence-corrected chi connectivity index (χ2v) is 15.7. The van der Waals surface area contributed by atoms with E-state index in [4.69, 9.17) is 9.47 Å². The van der Waals surface area contributed by atoms with E-state index in [1.165, 1.54) is 5.56 Å². The van der Waals surface area contributed by atoms with Crippen LogP contribution in [0.2, 0.25) is 0 Å². The Morgan fingerprint density at radius 2 is 1.72 bits per heavy atom. The van der Waals surface area contributed by atoms with Crippen LogP contribution in [0.25, 0.3) is 0 Å². The van der Waals surface area contributed by atoms with Crippen molar-refractivity contribution >= 4 is 23.4 Å². The zero-order valence-corrected chi connectivity index (χ0v) is 32.0. The number of nitrogens with zero attached hydrogens (tertiary/aromatic N) is 4. The summed E-state index contributed by atoms with van der Waals surface area (Å²) in [5, 5.41) is 10.7. The Morgan fingerprint density at radius 1 is 0.981 bits per heavy atom. The molecule has 4 aromatic rings. The third-order valence-electron chi connectivity index (χ3n) is 11.0. The first-order valence-corrected chi connectivity index (χ1v) is 18.5. The van der Waals surface area contributed by atoms with Crippen LogP contribution in [-0.2, 0) is 21.6 Å². The monoisotopic (exact) mass is 721 g/mol. The molecule has 0 saturated carbocycles. The molecule has 0 aliphatic carbocycles. The lowest BCUT2D eigenvalue weighted by Gasteiger charge is -2.49. The highest BCUT2D eigenvalue weighted by Gasteiger charge is 2.43. The van der Waals surface area contributed by atoms with Crippen LogP contribution in [0.4, 0.5) is 16.2 Å². The molecule has 2 aliphatic rings. The maximum atomic E-state index is 13.3. The van der Waals surface area contributed by atoms with E-state index in [0.717, 1.165) is 78.2 Å². The number of carbonyl (C=O) groups is 2. The molecule has 2 saturated heterocycles. The lowest BCUT2D eigenvalue weighted by atomic mass is 9.87. The number of anilines is 2. The Bertz CT molecular complexity index is 1850. The first-order chi connectivity index (χ1) is 25.3. The predicted octanol–water partition coefficient (Wildman–Crippen LogP) is 6.46. The van der Waals surface area contributed by atoms with Gasteiger partial charge in [0.15, 0.2) is 0 Å². The Morgan fingerprint density at radius 3 is 2.42 bits per heavy atom. The van der Waals surface area contributed by atoms with Gasteiger partial charge in [-0.1, -0.05) is 54.6 Å². The first kappa shape index (κ1) is 37.9. The van der Waals surface area contributed by atoms with Gasteiger partial charge in [0.05, 0.1) is 46.3 Å². The summed E-state index contributed by atoms with van der Waals surface area (Å²) in [6.07, 6.45) is 3.68. The Labute approximate surface area is 314 Å². The van der Waals surface area contributed by atoms with E-state index in [9.17, 15) is 9.59 Å². The molecule has 53 heavy (non-hydrogen) atoms. The first-order valence-electron chi connectivity index (χ1n) is 18.5. The van der Waals surface area contributed by atoms with Gasteiger partial charge in [-0.3, -0.25) is 23.6 Å². The average molecular weight is 722 g/mol. The normalized spacial score (nSPS) is 21.6. The van der Waals surface area contributed by atoms with Crippen LogP contribution in [-0.4, -0.2) is 97.8 Å². The SMILES string of the molecule is Cc1ccc(NC(=O)c2ccc(CN3CC[N+](C)(COC(=O)O[C@H](C)c4ccccc4)CC3)cc2)cc1NC1NC(C)(c2cccnc2)CC[N+]1(C)C. The van der Waals surface area contributed by atoms with Gasteiger partial charge in [-0.15, -0.1) is 0 Å². The molecule has 3 N–H and O–H groups in total. The van der Waals surface area contributed by atoms with Gasteiger partial charge >= 0.3 is 6.16 Å². The molecule has 0 spiro atoms. The van der Waals surface area contributed by atoms with Crippen LogP contribution in [0.5, 0.6) is 0 Å². The highest BCUT2D eigenvalue weighted by Crippen LogP contribution is 2.33. The van der Waals surface area contributed by atoms with Crippen molar-refractivity contribution in [3.05, 3.63) is 125 Å². The van der Waals surface area contributed by atoms with Crippen LogP contribution in [0, 0.1) is 6.92 Å². The number of nitrogens with one attached hydrogen (secondary N) is 3. The van der Waals surface area contributed by atoms with Crippen LogP contribution in [0.3, 0.4) is 0 Å². The van der Waals surface area contributed by atoms with Crippen molar-refractivity contribution < 1.29 is 28.0 Å². The number of ether oxygens (including phenoxy) is 2. The molecule has 1 aromatic heterocycles. The number of quaternary nitrogens is 2. The molecule has 1 amide bonds. The van der Waals surface area contributed by atoms with E-state index in [-0.39, 0.29) is 30.6 Å². The standard InChI is InChI=1S/C42H54N7O4/c1-31-14-19-37(27-38(31)45-40-46-42(3,20-24-48(40,4)5)36-13-10-21-43-28-36)44-39(50)35-17-15-33(16-18-35)29-47-22-25-49(6,26-23-47)30-52-41(51)53-32(2)34-11-8-7-9-12-34/h7-19,21,27-28,32,40,45-46H,20,22-26,29-30H2,1-6H3/q+1/p+1/t32-,40?,42?/m1/s1. The molecule has 3 heterocycles. The second kappa shape index (κ2) is 16.1. The summed E-state index contributed by atoms with van der Waals surface area (Å²) in [4.78, 5) is 32.5. The van der Waals surface area contributed by atoms with Gasteiger partial charge in [0.2, 0.25) is 13.0 Å². The van der Waals surface area contributed by atoms with E-state index < -0.39 is 6.16 Å². The quantitative estimate of drug-likeness (QED) is 0.120. The van der Waals surface area contributed by atoms with Crippen molar-refractivity contribution in [2.45, 2.75) is 51.7 Å². The highest BCUT2D eigenvalue weighted by molar-refractivity contribution is 6.04. The molecule has 11 nitrogen and oxygen atoms in total. The second-order valence-electron chi connectivity index (χ2n) is 15.7.